The SMILES string of the molecule is Cn1ncc2c1-c1c(O)sc(C(=O)O)c1CC2.[Rf]. The van der Waals surface area contributed by atoms with Crippen molar-refractivity contribution < 1.29 is 15.0 Å². The van der Waals surface area contributed by atoms with Crippen LogP contribution in [0.15, 0.2) is 6.20 Å². The molecule has 7 heteroatoms. The summed E-state index contributed by atoms with van der Waals surface area (Å²) in [4.78, 5) is 11.3. The van der Waals surface area contributed by atoms with Crippen molar-refractivity contribution in [1.82, 2.24) is 9.78 Å². The van der Waals surface area contributed by atoms with Gasteiger partial charge in [0.1, 0.15) is 4.88 Å². The second-order valence-electron chi connectivity index (χ2n) is 4.04. The van der Waals surface area contributed by atoms with Crippen LogP contribution in [0.1, 0.15) is 20.8 Å². The first kappa shape index (κ1) is 11.7. The average Bonchev–Trinajstić information content (AvgIpc) is 2.81. The van der Waals surface area contributed by atoms with Crippen molar-refractivity contribution in [3.63, 3.8) is 0 Å². The Kier molecular flexibility index (Phi) is 2.33. The number of carboxylic acid groups (broad SMARTS) is 1. The van der Waals surface area contributed by atoms with Crippen molar-refractivity contribution in [2.75, 3.05) is 0 Å². The Morgan fingerprint density at radius 1 is 1.50 bits per heavy atom. The summed E-state index contributed by atoms with van der Waals surface area (Å²) in [6.07, 6.45) is 3.19. The van der Waals surface area contributed by atoms with Crippen LogP contribution in [0.5, 0.6) is 5.06 Å². The molecule has 2 N–H and O–H groups in total. The second-order valence-corrected chi connectivity index (χ2v) is 5.04. The van der Waals surface area contributed by atoms with Gasteiger partial charge in [-0.05, 0) is 24.0 Å². The first-order valence-corrected chi connectivity index (χ1v) is 6.00. The summed E-state index contributed by atoms with van der Waals surface area (Å²) in [6.45, 7) is 0. The minimum Gasteiger partial charge on any atom is -0.499 e. The maximum Gasteiger partial charge on any atom is 0.346 e. The van der Waals surface area contributed by atoms with E-state index in [1.807, 2.05) is 0 Å². The number of aromatic hydroxyl groups is 1. The molecule has 2 heterocycles. The van der Waals surface area contributed by atoms with Crippen LogP contribution in [0.2, 0.25) is 0 Å². The second kappa shape index (κ2) is 3.59. The van der Waals surface area contributed by atoms with E-state index in [0.717, 1.165) is 34.6 Å². The zero-order valence-electron chi connectivity index (χ0n) is 9.80. The minimum absolute atomic E-state index is 0. The molecule has 0 aliphatic heterocycles. The molecule has 2 aromatic heterocycles. The number of carbonyl (C=O) groups is 1. The molecule has 0 fully saturated rings. The van der Waals surface area contributed by atoms with Gasteiger partial charge in [-0.15, -0.1) is 0 Å². The maximum absolute atomic E-state index is 11.1. The van der Waals surface area contributed by atoms with E-state index in [1.54, 1.807) is 17.9 Å². The predicted octanol–water partition coefficient (Wildman–Crippen LogP) is 1.65. The number of hydrogen-bond acceptors (Lipinski definition) is 4. The molecule has 0 atom stereocenters. The quantitative estimate of drug-likeness (QED) is 0.604. The molecule has 0 radical (unpaired) electrons. The normalized spacial score (nSPS) is 12.5. The predicted molar refractivity (Wildman–Crippen MR) is 62.6 cm³/mol. The molecule has 5 nitrogen and oxygen atoms in total. The van der Waals surface area contributed by atoms with Crippen molar-refractivity contribution in [1.29, 1.82) is 0 Å². The molecular weight excluding hydrogens is 507 g/mol. The molecule has 1 aliphatic rings. The monoisotopic (exact) mass is 517 g/mol. The van der Waals surface area contributed by atoms with E-state index in [1.165, 1.54) is 0 Å². The van der Waals surface area contributed by atoms with Crippen molar-refractivity contribution in [2.24, 2.45) is 7.05 Å². The third-order valence-corrected chi connectivity index (χ3v) is 4.10. The Morgan fingerprint density at radius 2 is 2.22 bits per heavy atom. The van der Waals surface area contributed by atoms with Crippen LogP contribution in [-0.2, 0) is 19.9 Å². The fourth-order valence-corrected chi connectivity index (χ4v) is 3.29. The smallest absolute Gasteiger partial charge is 0.346 e. The van der Waals surface area contributed by atoms with Crippen molar-refractivity contribution in [3.8, 4) is 16.3 Å². The standard InChI is InChI=1S/C11H10N2O3S.Rf/c1-13-8-5(4-12-13)2-3-6-7(8)11(16)17-9(6)10(14)15;/h4,16H,2-3H2,1H3,(H,14,15);. The van der Waals surface area contributed by atoms with E-state index in [2.05, 4.69) is 5.10 Å². The summed E-state index contributed by atoms with van der Waals surface area (Å²) >= 11 is 0.929. The molecule has 0 bridgehead atoms. The Morgan fingerprint density at radius 3 is 2.89 bits per heavy atom. The van der Waals surface area contributed by atoms with E-state index in [9.17, 15) is 9.90 Å². The van der Waals surface area contributed by atoms with Gasteiger partial charge in [-0.2, -0.15) is 5.10 Å². The van der Waals surface area contributed by atoms with Crippen LogP contribution in [0.3, 0.4) is 0 Å². The number of nitrogens with zero attached hydrogens (tertiary/aromatic N) is 2. The van der Waals surface area contributed by atoms with E-state index < -0.39 is 5.97 Å². The average molecular weight is 517 g/mol. The third kappa shape index (κ3) is 1.27. The number of rotatable bonds is 1. The van der Waals surface area contributed by atoms with Crippen molar-refractivity contribution in [3.05, 3.63) is 22.2 Å². The molecule has 0 saturated carbocycles. The van der Waals surface area contributed by atoms with Gasteiger partial charge in [-0.3, -0.25) is 4.68 Å². The van der Waals surface area contributed by atoms with Crippen LogP contribution in [0, 0.1) is 0 Å². The molecule has 2 aromatic rings. The van der Waals surface area contributed by atoms with E-state index in [0.29, 0.717) is 12.0 Å². The number of fused-ring (bicyclic) bond motifs is 3. The number of aryl methyl sites for hydroxylation is 2. The molecule has 18 heavy (non-hydrogen) atoms. The Bertz CT molecular complexity index is 633. The van der Waals surface area contributed by atoms with Gasteiger partial charge in [0.2, 0.25) is 0 Å². The van der Waals surface area contributed by atoms with E-state index >= 15 is 0 Å². The van der Waals surface area contributed by atoms with Gasteiger partial charge in [0, 0.05) is 7.05 Å². The first-order chi connectivity index (χ1) is 8.09. The van der Waals surface area contributed by atoms with Crippen LogP contribution in [0.25, 0.3) is 11.3 Å². The van der Waals surface area contributed by atoms with Crippen LogP contribution < -0.4 is 0 Å². The number of carboxylic acids is 1. The summed E-state index contributed by atoms with van der Waals surface area (Å²) in [5.41, 5.74) is 3.28. The largest absolute Gasteiger partial charge is 0.499 e. The summed E-state index contributed by atoms with van der Waals surface area (Å²) in [5.74, 6) is -0.975. The zero-order valence-corrected chi connectivity index (χ0v) is 17.0. The number of aromatic carboxylic acids is 1. The Balaban J connectivity index is 0.00000120. The molecule has 0 amide bonds. The maximum atomic E-state index is 11.1. The van der Waals surface area contributed by atoms with Gasteiger partial charge >= 0.3 is 5.97 Å². The molecular formula is C11H10N2O3RfS. The summed E-state index contributed by atoms with van der Waals surface area (Å²) in [5, 5.41) is 23.3. The molecule has 0 aromatic carbocycles. The van der Waals surface area contributed by atoms with Crippen molar-refractivity contribution in [2.45, 2.75) is 12.8 Å². The molecule has 0 saturated heterocycles. The fraction of sp³-hybridized carbons (Fsp3) is 0.273. The van der Waals surface area contributed by atoms with Crippen LogP contribution in [0.4, 0.5) is 0 Å². The molecule has 3 rings (SSSR count). The van der Waals surface area contributed by atoms with Gasteiger partial charge in [0.05, 0.1) is 17.5 Å². The summed E-state index contributed by atoms with van der Waals surface area (Å²) < 4.78 is 1.69. The zero-order chi connectivity index (χ0) is 12.2. The summed E-state index contributed by atoms with van der Waals surface area (Å²) in [7, 11) is 1.80. The van der Waals surface area contributed by atoms with Gasteiger partial charge in [-0.25, -0.2) is 4.79 Å². The molecule has 1 aliphatic carbocycles. The van der Waals surface area contributed by atoms with E-state index in [4.69, 9.17) is 5.11 Å². The molecule has 90 valence electrons. The number of aromatic nitrogens is 2. The minimum atomic E-state index is -0.975. The van der Waals surface area contributed by atoms with Gasteiger partial charge < -0.3 is 10.2 Å². The molecule has 0 unspecified atom stereocenters. The van der Waals surface area contributed by atoms with Crippen LogP contribution >= 0.6 is 11.3 Å². The van der Waals surface area contributed by atoms with E-state index in [-0.39, 0.29) is 9.94 Å². The number of hydrogen-bond donors (Lipinski definition) is 2. The first-order valence-electron chi connectivity index (χ1n) is 5.18. The van der Waals surface area contributed by atoms with Gasteiger partial charge in [0.25, 0.3) is 0 Å². The summed E-state index contributed by atoms with van der Waals surface area (Å²) in [6, 6.07) is 0. The Hall–Kier alpha value is -2.82. The Labute approximate surface area is 101 Å². The molecule has 0 spiro atoms. The fourth-order valence-electron chi connectivity index (χ4n) is 2.36. The number of thiophene rings is 1. The topological polar surface area (TPSA) is 75.3 Å². The van der Waals surface area contributed by atoms with Crippen LogP contribution in [-0.4, -0.2) is 26.0 Å². The van der Waals surface area contributed by atoms with Crippen molar-refractivity contribution >= 4 is 17.3 Å². The van der Waals surface area contributed by atoms with Gasteiger partial charge in [-0.1, -0.05) is 11.3 Å². The third-order valence-electron chi connectivity index (χ3n) is 3.08. The van der Waals surface area contributed by atoms with Gasteiger partial charge in [0.15, 0.2) is 5.06 Å².